The van der Waals surface area contributed by atoms with Crippen LogP contribution >= 0.6 is 0 Å². The molecule has 1 heterocycles. The molecule has 3 nitrogen and oxygen atoms in total. The summed E-state index contributed by atoms with van der Waals surface area (Å²) in [6.07, 6.45) is 0. The van der Waals surface area contributed by atoms with E-state index in [-0.39, 0.29) is 0 Å². The average molecular weight is 213 g/mol. The van der Waals surface area contributed by atoms with Crippen molar-refractivity contribution in [3.63, 3.8) is 0 Å². The van der Waals surface area contributed by atoms with Gasteiger partial charge in [-0.25, -0.2) is 4.98 Å². The summed E-state index contributed by atoms with van der Waals surface area (Å²) in [6, 6.07) is 13.4. The van der Waals surface area contributed by atoms with Crippen LogP contribution in [0.3, 0.4) is 0 Å². The third-order valence-electron chi connectivity index (χ3n) is 1.98. The number of nitrogens with zero attached hydrogens (tertiary/aromatic N) is 2. The molecule has 2 rings (SSSR count). The smallest absolute Gasteiger partial charge is 0.214 e. The van der Waals surface area contributed by atoms with Gasteiger partial charge in [-0.3, -0.25) is 0 Å². The fourth-order valence-corrected chi connectivity index (χ4v) is 1.29. The number of hydrogen-bond acceptors (Lipinski definition) is 3. The van der Waals surface area contributed by atoms with E-state index in [4.69, 9.17) is 5.26 Å². The summed E-state index contributed by atoms with van der Waals surface area (Å²) in [5.41, 5.74) is 1.25. The van der Waals surface area contributed by atoms with Gasteiger partial charge in [0.2, 0.25) is 5.95 Å². The van der Waals surface area contributed by atoms with Gasteiger partial charge in [-0.05, 0) is 30.3 Å². The minimum Gasteiger partial charge on any atom is -0.340 e. The maximum Gasteiger partial charge on any atom is 0.214 e. The van der Waals surface area contributed by atoms with Crippen LogP contribution in [0, 0.1) is 17.3 Å². The van der Waals surface area contributed by atoms with Crippen LogP contribution in [0.2, 0.25) is 0 Å². The van der Waals surface area contributed by atoms with Gasteiger partial charge in [0.15, 0.2) is 0 Å². The lowest BCUT2D eigenvalue weighted by Gasteiger charge is -2.05. The molecular formula is C12H8FN3. The molecule has 0 atom stereocenters. The molecule has 2 aromatic rings. The van der Waals surface area contributed by atoms with Crippen molar-refractivity contribution in [3.8, 4) is 6.07 Å². The second kappa shape index (κ2) is 4.41. The van der Waals surface area contributed by atoms with Gasteiger partial charge in [0.05, 0.1) is 11.6 Å². The van der Waals surface area contributed by atoms with Crippen molar-refractivity contribution in [1.29, 1.82) is 5.26 Å². The SMILES string of the molecule is N#Cc1cccc(Nc2cccc(F)n2)c1. The molecule has 0 spiro atoms. The highest BCUT2D eigenvalue weighted by Gasteiger charge is 1.98. The van der Waals surface area contributed by atoms with Crippen molar-refractivity contribution in [1.82, 2.24) is 4.98 Å². The Kier molecular flexibility index (Phi) is 2.79. The molecule has 0 unspecified atom stereocenters. The van der Waals surface area contributed by atoms with Crippen LogP contribution in [0.4, 0.5) is 15.9 Å². The van der Waals surface area contributed by atoms with Crippen molar-refractivity contribution in [3.05, 3.63) is 54.0 Å². The Morgan fingerprint density at radius 3 is 2.75 bits per heavy atom. The van der Waals surface area contributed by atoms with E-state index in [1.807, 2.05) is 6.07 Å². The first-order valence-electron chi connectivity index (χ1n) is 4.68. The molecule has 16 heavy (non-hydrogen) atoms. The van der Waals surface area contributed by atoms with Crippen molar-refractivity contribution >= 4 is 11.5 Å². The number of halogens is 1. The topological polar surface area (TPSA) is 48.7 Å². The zero-order valence-corrected chi connectivity index (χ0v) is 8.31. The lowest BCUT2D eigenvalue weighted by molar-refractivity contribution is 0.585. The lowest BCUT2D eigenvalue weighted by Crippen LogP contribution is -1.94. The van der Waals surface area contributed by atoms with Gasteiger partial charge in [0, 0.05) is 5.69 Å². The Morgan fingerprint density at radius 2 is 2.00 bits per heavy atom. The molecule has 0 fully saturated rings. The molecule has 1 N–H and O–H groups in total. The second-order valence-corrected chi connectivity index (χ2v) is 3.16. The predicted octanol–water partition coefficient (Wildman–Crippen LogP) is 2.84. The highest BCUT2D eigenvalue weighted by molar-refractivity contribution is 5.58. The average Bonchev–Trinajstić information content (AvgIpc) is 2.29. The number of rotatable bonds is 2. The first-order valence-corrected chi connectivity index (χ1v) is 4.68. The summed E-state index contributed by atoms with van der Waals surface area (Å²) in [5, 5.41) is 11.6. The maximum atomic E-state index is 12.8. The normalized spacial score (nSPS) is 9.50. The zero-order chi connectivity index (χ0) is 11.4. The van der Waals surface area contributed by atoms with Crippen LogP contribution in [0.25, 0.3) is 0 Å². The molecule has 0 aliphatic heterocycles. The van der Waals surface area contributed by atoms with E-state index in [0.717, 1.165) is 0 Å². The van der Waals surface area contributed by atoms with E-state index in [0.29, 0.717) is 17.1 Å². The molecule has 1 aromatic carbocycles. The van der Waals surface area contributed by atoms with Gasteiger partial charge in [-0.1, -0.05) is 12.1 Å². The lowest BCUT2D eigenvalue weighted by atomic mass is 10.2. The van der Waals surface area contributed by atoms with Crippen molar-refractivity contribution in [2.75, 3.05) is 5.32 Å². The third kappa shape index (κ3) is 2.34. The molecule has 0 aliphatic rings. The predicted molar refractivity (Wildman–Crippen MR) is 58.6 cm³/mol. The first-order chi connectivity index (χ1) is 7.78. The Labute approximate surface area is 92.2 Å². The van der Waals surface area contributed by atoms with Crippen LogP contribution in [0.5, 0.6) is 0 Å². The number of pyridine rings is 1. The molecule has 0 amide bonds. The molecule has 0 aliphatic carbocycles. The fraction of sp³-hybridized carbons (Fsp3) is 0. The summed E-state index contributed by atoms with van der Waals surface area (Å²) in [7, 11) is 0. The number of benzene rings is 1. The molecule has 4 heteroatoms. The van der Waals surface area contributed by atoms with Crippen LogP contribution in [0.15, 0.2) is 42.5 Å². The Bertz CT molecular complexity index is 546. The van der Waals surface area contributed by atoms with E-state index in [9.17, 15) is 4.39 Å². The summed E-state index contributed by atoms with van der Waals surface area (Å²) >= 11 is 0. The summed E-state index contributed by atoms with van der Waals surface area (Å²) in [5.74, 6) is -0.128. The van der Waals surface area contributed by atoms with Crippen LogP contribution in [-0.4, -0.2) is 4.98 Å². The van der Waals surface area contributed by atoms with Gasteiger partial charge >= 0.3 is 0 Å². The van der Waals surface area contributed by atoms with Gasteiger partial charge in [-0.15, -0.1) is 0 Å². The number of nitrogens with one attached hydrogen (secondary N) is 1. The third-order valence-corrected chi connectivity index (χ3v) is 1.98. The quantitative estimate of drug-likeness (QED) is 0.780. The summed E-state index contributed by atoms with van der Waals surface area (Å²) in [4.78, 5) is 3.66. The number of anilines is 2. The van der Waals surface area contributed by atoms with E-state index in [1.54, 1.807) is 36.4 Å². The Hall–Kier alpha value is -2.41. The fourth-order valence-electron chi connectivity index (χ4n) is 1.29. The monoisotopic (exact) mass is 213 g/mol. The van der Waals surface area contributed by atoms with E-state index < -0.39 is 5.95 Å². The van der Waals surface area contributed by atoms with Gasteiger partial charge in [0.1, 0.15) is 5.82 Å². The molecule has 1 aromatic heterocycles. The zero-order valence-electron chi connectivity index (χ0n) is 8.31. The second-order valence-electron chi connectivity index (χ2n) is 3.16. The largest absolute Gasteiger partial charge is 0.340 e. The van der Waals surface area contributed by atoms with Gasteiger partial charge in [0.25, 0.3) is 0 Å². The van der Waals surface area contributed by atoms with Crippen LogP contribution in [-0.2, 0) is 0 Å². The molecular weight excluding hydrogens is 205 g/mol. The van der Waals surface area contributed by atoms with Gasteiger partial charge < -0.3 is 5.32 Å². The first kappa shape index (κ1) is 10.1. The molecule has 78 valence electrons. The molecule has 0 saturated heterocycles. The highest BCUT2D eigenvalue weighted by atomic mass is 19.1. The maximum absolute atomic E-state index is 12.8. The molecule has 0 radical (unpaired) electrons. The van der Waals surface area contributed by atoms with E-state index in [2.05, 4.69) is 10.3 Å². The Morgan fingerprint density at radius 1 is 1.19 bits per heavy atom. The van der Waals surface area contributed by atoms with Crippen molar-refractivity contribution in [2.45, 2.75) is 0 Å². The number of hydrogen-bond donors (Lipinski definition) is 1. The van der Waals surface area contributed by atoms with Gasteiger partial charge in [-0.2, -0.15) is 9.65 Å². The minimum atomic E-state index is -0.540. The van der Waals surface area contributed by atoms with E-state index in [1.165, 1.54) is 6.07 Å². The summed E-state index contributed by atoms with van der Waals surface area (Å²) < 4.78 is 12.8. The minimum absolute atomic E-state index is 0.412. The Balaban J connectivity index is 2.24. The van der Waals surface area contributed by atoms with Crippen LogP contribution < -0.4 is 5.32 Å². The van der Waals surface area contributed by atoms with Crippen molar-refractivity contribution < 1.29 is 4.39 Å². The number of aromatic nitrogens is 1. The standard InChI is InChI=1S/C12H8FN3/c13-11-5-2-6-12(16-11)15-10-4-1-3-9(7-10)8-14/h1-7H,(H,15,16). The van der Waals surface area contributed by atoms with Crippen LogP contribution in [0.1, 0.15) is 5.56 Å². The highest BCUT2D eigenvalue weighted by Crippen LogP contribution is 2.15. The summed E-state index contributed by atoms with van der Waals surface area (Å²) in [6.45, 7) is 0. The number of nitriles is 1. The molecule has 0 bridgehead atoms. The molecule has 0 saturated carbocycles. The van der Waals surface area contributed by atoms with Crippen molar-refractivity contribution in [2.24, 2.45) is 0 Å². The van der Waals surface area contributed by atoms with E-state index >= 15 is 0 Å².